The van der Waals surface area contributed by atoms with Gasteiger partial charge >= 0.3 is 0 Å². The molecule has 0 radical (unpaired) electrons. The molecule has 0 unspecified atom stereocenters. The normalized spacial score (nSPS) is 11.6. The van der Waals surface area contributed by atoms with E-state index >= 15 is 0 Å². The predicted molar refractivity (Wildman–Crippen MR) is 61.5 cm³/mol. The van der Waals surface area contributed by atoms with Crippen molar-refractivity contribution in [3.05, 3.63) is 23.0 Å². The summed E-state index contributed by atoms with van der Waals surface area (Å²) in [6.07, 6.45) is 1.57. The number of carbonyl (C=O) groups is 1. The number of alkyl halides is 2. The zero-order valence-electron chi connectivity index (χ0n) is 9.34. The zero-order valence-corrected chi connectivity index (χ0v) is 10.1. The number of hydrogen-bond acceptors (Lipinski definition) is 2. The van der Waals surface area contributed by atoms with Crippen LogP contribution in [0.2, 0.25) is 5.02 Å². The summed E-state index contributed by atoms with van der Waals surface area (Å²) >= 11 is 5.74. The van der Waals surface area contributed by atoms with E-state index in [1.54, 1.807) is 10.8 Å². The molecule has 0 saturated carbocycles. The van der Waals surface area contributed by atoms with Gasteiger partial charge in [0.15, 0.2) is 0 Å². The Labute approximate surface area is 103 Å². The number of rotatable bonds is 5. The molecule has 7 heteroatoms. The van der Waals surface area contributed by atoms with Crippen molar-refractivity contribution in [1.82, 2.24) is 9.88 Å². The lowest BCUT2D eigenvalue weighted by Crippen LogP contribution is -2.41. The van der Waals surface area contributed by atoms with Crippen LogP contribution in [0, 0.1) is 0 Å². The van der Waals surface area contributed by atoms with Gasteiger partial charge in [0.05, 0.1) is 18.1 Å². The monoisotopic (exact) mass is 265 g/mol. The smallest absolute Gasteiger partial charge is 0.277 e. The number of carbonyl (C=O) groups excluding carboxylic acids is 1. The number of nitrogens with zero attached hydrogens (tertiary/aromatic N) is 1. The molecule has 1 rings (SSSR count). The molecule has 0 saturated heterocycles. The molecule has 0 spiro atoms. The van der Waals surface area contributed by atoms with E-state index in [-0.39, 0.29) is 5.69 Å². The first-order valence-corrected chi connectivity index (χ1v) is 5.49. The summed E-state index contributed by atoms with van der Waals surface area (Å²) in [6, 6.07) is 1.43. The van der Waals surface area contributed by atoms with Crippen LogP contribution in [-0.2, 0) is 6.54 Å². The number of aryl methyl sites for hydroxylation is 1. The first kappa shape index (κ1) is 13.9. The number of halogens is 3. The van der Waals surface area contributed by atoms with E-state index in [1.165, 1.54) is 6.07 Å². The van der Waals surface area contributed by atoms with Crippen molar-refractivity contribution in [1.29, 1.82) is 0 Å². The predicted octanol–water partition coefficient (Wildman–Crippen LogP) is 1.49. The van der Waals surface area contributed by atoms with E-state index < -0.39 is 24.9 Å². The van der Waals surface area contributed by atoms with E-state index in [2.05, 4.69) is 5.32 Å². The average Bonchev–Trinajstić information content (AvgIpc) is 2.67. The molecule has 1 amide bonds. The Morgan fingerprint density at radius 3 is 2.82 bits per heavy atom. The number of amides is 1. The van der Waals surface area contributed by atoms with Crippen LogP contribution in [0.4, 0.5) is 8.78 Å². The molecule has 0 bridgehead atoms. The molecule has 0 aliphatic heterocycles. The molecule has 1 heterocycles. The van der Waals surface area contributed by atoms with Gasteiger partial charge in [-0.25, -0.2) is 8.78 Å². The van der Waals surface area contributed by atoms with Gasteiger partial charge in [0.1, 0.15) is 5.69 Å². The molecule has 4 nitrogen and oxygen atoms in total. The fraction of sp³-hybridized carbons (Fsp3) is 0.500. The minimum absolute atomic E-state index is 0.255. The maximum Gasteiger partial charge on any atom is 0.277 e. The van der Waals surface area contributed by atoms with Crippen molar-refractivity contribution in [2.24, 2.45) is 5.73 Å². The number of aromatic nitrogens is 1. The van der Waals surface area contributed by atoms with E-state index in [9.17, 15) is 13.6 Å². The molecular weight excluding hydrogens is 252 g/mol. The Bertz CT molecular complexity index is 406. The summed E-state index contributed by atoms with van der Waals surface area (Å²) in [4.78, 5) is 11.6. The van der Waals surface area contributed by atoms with Gasteiger partial charge in [-0.1, -0.05) is 11.6 Å². The highest BCUT2D eigenvalue weighted by atomic mass is 35.5. The lowest BCUT2D eigenvalue weighted by atomic mass is 10.3. The van der Waals surface area contributed by atoms with Crippen molar-refractivity contribution in [3.8, 4) is 0 Å². The zero-order chi connectivity index (χ0) is 13.1. The highest BCUT2D eigenvalue weighted by molar-refractivity contribution is 6.31. The van der Waals surface area contributed by atoms with E-state index in [0.717, 1.165) is 0 Å². The molecule has 3 N–H and O–H groups in total. The summed E-state index contributed by atoms with van der Waals surface area (Å²) in [6.45, 7) is 0.766. The Morgan fingerprint density at radius 2 is 2.29 bits per heavy atom. The third-order valence-electron chi connectivity index (χ3n) is 2.24. The van der Waals surface area contributed by atoms with Crippen LogP contribution in [-0.4, -0.2) is 29.5 Å². The van der Waals surface area contributed by atoms with Crippen LogP contribution in [0.3, 0.4) is 0 Å². The van der Waals surface area contributed by atoms with E-state index in [0.29, 0.717) is 11.6 Å². The summed E-state index contributed by atoms with van der Waals surface area (Å²) in [5.41, 5.74) is 5.12. The Kier molecular flexibility index (Phi) is 4.47. The van der Waals surface area contributed by atoms with Crippen molar-refractivity contribution in [3.63, 3.8) is 0 Å². The van der Waals surface area contributed by atoms with Gasteiger partial charge in [0.2, 0.25) is 0 Å². The lowest BCUT2D eigenvalue weighted by Gasteiger charge is -2.14. The van der Waals surface area contributed by atoms with Crippen molar-refractivity contribution in [2.45, 2.75) is 19.4 Å². The maximum absolute atomic E-state index is 12.8. The van der Waals surface area contributed by atoms with Gasteiger partial charge in [0.25, 0.3) is 11.8 Å². The van der Waals surface area contributed by atoms with Crippen LogP contribution >= 0.6 is 11.6 Å². The molecule has 1 aromatic heterocycles. The molecule has 0 aliphatic carbocycles. The molecule has 1 aromatic rings. The summed E-state index contributed by atoms with van der Waals surface area (Å²) < 4.78 is 27.3. The fourth-order valence-corrected chi connectivity index (χ4v) is 1.52. The van der Waals surface area contributed by atoms with Gasteiger partial charge in [-0.15, -0.1) is 0 Å². The second kappa shape index (κ2) is 5.46. The topological polar surface area (TPSA) is 60.0 Å². The maximum atomic E-state index is 12.8. The molecule has 17 heavy (non-hydrogen) atoms. The van der Waals surface area contributed by atoms with Crippen molar-refractivity contribution in [2.75, 3.05) is 13.1 Å². The van der Waals surface area contributed by atoms with Crippen LogP contribution in [0.15, 0.2) is 12.3 Å². The number of hydrogen-bond donors (Lipinski definition) is 2. The van der Waals surface area contributed by atoms with Gasteiger partial charge in [-0.05, 0) is 13.0 Å². The summed E-state index contributed by atoms with van der Waals surface area (Å²) in [5.74, 6) is -3.69. The van der Waals surface area contributed by atoms with Crippen molar-refractivity contribution < 1.29 is 13.6 Å². The van der Waals surface area contributed by atoms with Gasteiger partial charge in [-0.2, -0.15) is 0 Å². The third kappa shape index (κ3) is 3.67. The minimum atomic E-state index is -3.09. The minimum Gasteiger partial charge on any atom is -0.345 e. The van der Waals surface area contributed by atoms with Crippen LogP contribution in [0.25, 0.3) is 0 Å². The first-order valence-electron chi connectivity index (χ1n) is 5.11. The quantitative estimate of drug-likeness (QED) is 0.847. The molecule has 96 valence electrons. The Hall–Kier alpha value is -1.14. The van der Waals surface area contributed by atoms with Crippen LogP contribution in [0.5, 0.6) is 0 Å². The van der Waals surface area contributed by atoms with E-state index in [1.807, 2.05) is 6.92 Å². The Morgan fingerprint density at radius 1 is 1.65 bits per heavy atom. The summed E-state index contributed by atoms with van der Waals surface area (Å²) in [5, 5.41) is 2.52. The van der Waals surface area contributed by atoms with Gasteiger partial charge < -0.3 is 15.6 Å². The molecule has 0 atom stereocenters. The highest BCUT2D eigenvalue weighted by Crippen LogP contribution is 2.15. The standard InChI is InChI=1S/C10H14ClF2N3O/c1-2-16-4-7(11)3-8(16)9(17)15-6-10(12,13)5-14/h3-4H,2,5-6,14H2,1H3,(H,15,17). The lowest BCUT2D eigenvalue weighted by molar-refractivity contribution is 0.0117. The molecule has 0 fully saturated rings. The van der Waals surface area contributed by atoms with Crippen molar-refractivity contribution >= 4 is 17.5 Å². The second-order valence-electron chi connectivity index (χ2n) is 3.57. The molecule has 0 aromatic carbocycles. The van der Waals surface area contributed by atoms with Gasteiger partial charge in [0, 0.05) is 12.7 Å². The second-order valence-corrected chi connectivity index (χ2v) is 4.01. The third-order valence-corrected chi connectivity index (χ3v) is 2.45. The number of nitrogens with two attached hydrogens (primary N) is 1. The van der Waals surface area contributed by atoms with Crippen LogP contribution in [0.1, 0.15) is 17.4 Å². The SMILES string of the molecule is CCn1cc(Cl)cc1C(=O)NCC(F)(F)CN. The largest absolute Gasteiger partial charge is 0.345 e. The van der Waals surface area contributed by atoms with Gasteiger partial charge in [-0.3, -0.25) is 4.79 Å². The van der Waals surface area contributed by atoms with Crippen LogP contribution < -0.4 is 11.1 Å². The Balaban J connectivity index is 2.70. The highest BCUT2D eigenvalue weighted by Gasteiger charge is 2.27. The van der Waals surface area contributed by atoms with E-state index in [4.69, 9.17) is 17.3 Å². The molecule has 0 aliphatic rings. The fourth-order valence-electron chi connectivity index (χ4n) is 1.30. The first-order chi connectivity index (χ1) is 7.89. The number of nitrogens with one attached hydrogen (secondary N) is 1. The average molecular weight is 266 g/mol. The molecular formula is C10H14ClF2N3O. The summed E-state index contributed by atoms with van der Waals surface area (Å²) in [7, 11) is 0.